The van der Waals surface area contributed by atoms with Crippen LogP contribution in [0.3, 0.4) is 0 Å². The highest BCUT2D eigenvalue weighted by molar-refractivity contribution is 5.91. The van der Waals surface area contributed by atoms with Crippen molar-refractivity contribution in [3.63, 3.8) is 0 Å². The number of fused-ring (bicyclic) bond motifs is 1. The summed E-state index contributed by atoms with van der Waals surface area (Å²) in [6.07, 6.45) is 2.64. The molecule has 5 nitrogen and oxygen atoms in total. The van der Waals surface area contributed by atoms with Crippen LogP contribution in [0.5, 0.6) is 0 Å². The van der Waals surface area contributed by atoms with Crippen LogP contribution < -0.4 is 4.90 Å². The third-order valence-corrected chi connectivity index (χ3v) is 8.30. The first kappa shape index (κ1) is 22.6. The summed E-state index contributed by atoms with van der Waals surface area (Å²) >= 11 is 0. The van der Waals surface area contributed by atoms with Gasteiger partial charge in [-0.3, -0.25) is 4.68 Å². The van der Waals surface area contributed by atoms with Gasteiger partial charge in [-0.15, -0.1) is 0 Å². The van der Waals surface area contributed by atoms with E-state index in [1.807, 2.05) is 23.9 Å². The summed E-state index contributed by atoms with van der Waals surface area (Å²) in [6, 6.07) is 14.0. The van der Waals surface area contributed by atoms with Crippen LogP contribution in [0, 0.1) is 5.41 Å². The van der Waals surface area contributed by atoms with E-state index in [-0.39, 0.29) is 16.9 Å². The maximum absolute atomic E-state index is 13.8. The number of anilines is 1. The highest BCUT2D eigenvalue weighted by Gasteiger charge is 2.45. The first-order valence-corrected chi connectivity index (χ1v) is 12.9. The Bertz CT molecular complexity index is 1530. The molecule has 37 heavy (non-hydrogen) atoms. The molecular weight excluding hydrogens is 477 g/mol. The van der Waals surface area contributed by atoms with E-state index in [2.05, 4.69) is 28.3 Å². The molecule has 2 aromatic carbocycles. The SMILES string of the molecule is Cn1nc(N2CCC3(C=C(c4c(-c5ccccc5C(F)(F)F)noc4C4CC4)C3)CC2)c2ccccc21. The summed E-state index contributed by atoms with van der Waals surface area (Å²) in [5.41, 5.74) is 2.81. The van der Waals surface area contributed by atoms with Gasteiger partial charge in [0.25, 0.3) is 0 Å². The van der Waals surface area contributed by atoms with Crippen molar-refractivity contribution in [2.24, 2.45) is 12.5 Å². The van der Waals surface area contributed by atoms with Crippen LogP contribution >= 0.6 is 0 Å². The van der Waals surface area contributed by atoms with Gasteiger partial charge in [0, 0.05) is 42.6 Å². The number of hydrogen-bond acceptors (Lipinski definition) is 4. The molecule has 190 valence electrons. The standard InChI is InChI=1S/C29H27F3N4O/c1-35-23-9-5-3-7-21(23)27(33-35)36-14-12-28(13-15-36)16-19(17-28)24-25(34-37-26(24)18-10-11-18)20-6-2-4-8-22(20)29(30,31)32/h2-9,16,18H,10-15,17H2,1H3. The number of halogens is 3. The topological polar surface area (TPSA) is 47.1 Å². The van der Waals surface area contributed by atoms with Gasteiger partial charge in [-0.2, -0.15) is 18.3 Å². The maximum atomic E-state index is 13.8. The Morgan fingerprint density at radius 3 is 2.43 bits per heavy atom. The monoisotopic (exact) mass is 504 g/mol. The van der Waals surface area contributed by atoms with Gasteiger partial charge in [-0.05, 0) is 61.3 Å². The number of allylic oxidation sites excluding steroid dienone is 2. The summed E-state index contributed by atoms with van der Waals surface area (Å²) < 4.78 is 49.1. The van der Waals surface area contributed by atoms with Crippen molar-refractivity contribution < 1.29 is 17.7 Å². The summed E-state index contributed by atoms with van der Waals surface area (Å²) in [5, 5.41) is 10.2. The number of aromatic nitrogens is 3. The number of para-hydroxylation sites is 1. The molecule has 7 rings (SSSR count). The predicted molar refractivity (Wildman–Crippen MR) is 136 cm³/mol. The molecule has 2 aromatic heterocycles. The molecule has 0 radical (unpaired) electrons. The normalized spacial score (nSPS) is 19.4. The second-order valence-electron chi connectivity index (χ2n) is 10.7. The lowest BCUT2D eigenvalue weighted by atomic mass is 9.63. The van der Waals surface area contributed by atoms with Crippen LogP contribution in [0.15, 0.2) is 59.1 Å². The van der Waals surface area contributed by atoms with E-state index in [1.165, 1.54) is 12.1 Å². The molecule has 0 amide bonds. The first-order chi connectivity index (χ1) is 17.8. The zero-order chi connectivity index (χ0) is 25.4. The zero-order valence-electron chi connectivity index (χ0n) is 20.6. The van der Waals surface area contributed by atoms with Crippen molar-refractivity contribution in [2.75, 3.05) is 18.0 Å². The molecular formula is C29H27F3N4O. The fraction of sp³-hybridized carbons (Fsp3) is 0.379. The third kappa shape index (κ3) is 3.68. The van der Waals surface area contributed by atoms with Gasteiger partial charge in [0.05, 0.1) is 11.1 Å². The molecule has 4 aromatic rings. The fourth-order valence-electron chi connectivity index (χ4n) is 6.15. The van der Waals surface area contributed by atoms with Gasteiger partial charge >= 0.3 is 6.18 Å². The van der Waals surface area contributed by atoms with E-state index in [0.29, 0.717) is 5.69 Å². The van der Waals surface area contributed by atoms with Crippen LogP contribution in [0.2, 0.25) is 0 Å². The number of nitrogens with zero attached hydrogens (tertiary/aromatic N) is 4. The van der Waals surface area contributed by atoms with Gasteiger partial charge in [-0.25, -0.2) is 0 Å². The Morgan fingerprint density at radius 2 is 1.70 bits per heavy atom. The number of piperidine rings is 1. The van der Waals surface area contributed by atoms with E-state index >= 15 is 0 Å². The van der Waals surface area contributed by atoms with E-state index < -0.39 is 11.7 Å². The molecule has 3 aliphatic rings. The van der Waals surface area contributed by atoms with Crippen LogP contribution in [0.25, 0.3) is 27.7 Å². The minimum absolute atomic E-state index is 0.0648. The summed E-state index contributed by atoms with van der Waals surface area (Å²) in [5.74, 6) is 2.04. The minimum Gasteiger partial charge on any atom is -0.360 e. The van der Waals surface area contributed by atoms with Crippen LogP contribution in [0.1, 0.15) is 54.9 Å². The molecule has 1 saturated heterocycles. The van der Waals surface area contributed by atoms with Crippen LogP contribution in [-0.2, 0) is 13.2 Å². The molecule has 1 aliphatic heterocycles. The van der Waals surface area contributed by atoms with Crippen molar-refractivity contribution in [3.8, 4) is 11.3 Å². The van der Waals surface area contributed by atoms with Gasteiger partial charge in [0.1, 0.15) is 11.5 Å². The second-order valence-corrected chi connectivity index (χ2v) is 10.7. The van der Waals surface area contributed by atoms with E-state index in [9.17, 15) is 13.2 Å². The Labute approximate surface area is 212 Å². The quantitative estimate of drug-likeness (QED) is 0.295. The molecule has 0 N–H and O–H groups in total. The third-order valence-electron chi connectivity index (χ3n) is 8.30. The number of alkyl halides is 3. The second kappa shape index (κ2) is 7.97. The lowest BCUT2D eigenvalue weighted by Gasteiger charge is -2.46. The highest BCUT2D eigenvalue weighted by Crippen LogP contribution is 2.56. The van der Waals surface area contributed by atoms with Crippen LogP contribution in [0.4, 0.5) is 19.0 Å². The summed E-state index contributed by atoms with van der Waals surface area (Å²) in [6.45, 7) is 1.79. The molecule has 0 bridgehead atoms. The Morgan fingerprint density at radius 1 is 1.00 bits per heavy atom. The highest BCUT2D eigenvalue weighted by atomic mass is 19.4. The van der Waals surface area contributed by atoms with E-state index in [1.54, 1.807) is 6.07 Å². The van der Waals surface area contributed by atoms with Crippen LogP contribution in [-0.4, -0.2) is 28.0 Å². The van der Waals surface area contributed by atoms with Crippen molar-refractivity contribution >= 4 is 22.3 Å². The Hall–Kier alpha value is -3.55. The molecule has 8 heteroatoms. The molecule has 2 fully saturated rings. The maximum Gasteiger partial charge on any atom is 0.417 e. The predicted octanol–water partition coefficient (Wildman–Crippen LogP) is 7.20. The van der Waals surface area contributed by atoms with E-state index in [4.69, 9.17) is 9.62 Å². The number of rotatable bonds is 4. The summed E-state index contributed by atoms with van der Waals surface area (Å²) in [7, 11) is 1.98. The smallest absolute Gasteiger partial charge is 0.360 e. The molecule has 1 spiro atoms. The zero-order valence-corrected chi connectivity index (χ0v) is 20.6. The Kier molecular flexibility index (Phi) is 4.88. The molecule has 1 saturated carbocycles. The first-order valence-electron chi connectivity index (χ1n) is 12.9. The van der Waals surface area contributed by atoms with Gasteiger partial charge in [0.15, 0.2) is 5.82 Å². The number of hydrogen-bond donors (Lipinski definition) is 0. The van der Waals surface area contributed by atoms with Gasteiger partial charge < -0.3 is 9.42 Å². The van der Waals surface area contributed by atoms with Crippen molar-refractivity contribution in [3.05, 3.63) is 71.5 Å². The van der Waals surface area contributed by atoms with Gasteiger partial charge in [-0.1, -0.05) is 41.6 Å². The van der Waals surface area contributed by atoms with E-state index in [0.717, 1.165) is 84.9 Å². The molecule has 0 atom stereocenters. The number of benzene rings is 2. The average molecular weight is 505 g/mol. The average Bonchev–Trinajstić information content (AvgIpc) is 3.54. The number of aryl methyl sites for hydroxylation is 1. The molecule has 0 unspecified atom stereocenters. The van der Waals surface area contributed by atoms with Crippen molar-refractivity contribution in [2.45, 2.75) is 44.2 Å². The molecule has 3 heterocycles. The largest absolute Gasteiger partial charge is 0.417 e. The minimum atomic E-state index is -4.45. The lowest BCUT2D eigenvalue weighted by molar-refractivity contribution is -0.137. The van der Waals surface area contributed by atoms with Crippen molar-refractivity contribution in [1.82, 2.24) is 14.9 Å². The fourth-order valence-corrected chi connectivity index (χ4v) is 6.15. The van der Waals surface area contributed by atoms with Crippen molar-refractivity contribution in [1.29, 1.82) is 0 Å². The Balaban J connectivity index is 1.19. The van der Waals surface area contributed by atoms with Gasteiger partial charge in [0.2, 0.25) is 0 Å². The lowest BCUT2D eigenvalue weighted by Crippen LogP contribution is -2.42. The summed E-state index contributed by atoms with van der Waals surface area (Å²) in [4.78, 5) is 2.36. The molecule has 2 aliphatic carbocycles.